The zero-order chi connectivity index (χ0) is 14.1. The lowest BCUT2D eigenvalue weighted by Gasteiger charge is -2.31. The van der Waals surface area contributed by atoms with Crippen LogP contribution in [0.25, 0.3) is 0 Å². The first-order chi connectivity index (χ1) is 9.65. The number of aromatic nitrogens is 1. The maximum Gasteiger partial charge on any atom is 0.245 e. The zero-order valence-corrected chi connectivity index (χ0v) is 10.8. The highest BCUT2D eigenvalue weighted by atomic mass is 19.1. The zero-order valence-electron chi connectivity index (χ0n) is 10.8. The molecule has 1 aliphatic heterocycles. The molecule has 1 unspecified atom stereocenters. The van der Waals surface area contributed by atoms with Gasteiger partial charge in [0.05, 0.1) is 12.6 Å². The molecular weight excluding hydrogens is 257 g/mol. The van der Waals surface area contributed by atoms with E-state index < -0.39 is 6.04 Å². The molecule has 0 spiro atoms. The van der Waals surface area contributed by atoms with Crippen LogP contribution in [0, 0.1) is 5.82 Å². The Balaban J connectivity index is 1.95. The van der Waals surface area contributed by atoms with E-state index in [0.717, 1.165) is 11.1 Å². The van der Waals surface area contributed by atoms with Crippen LogP contribution in [0.15, 0.2) is 42.6 Å². The molecule has 0 bridgehead atoms. The molecule has 3 rings (SSSR count). The van der Waals surface area contributed by atoms with E-state index in [1.165, 1.54) is 12.1 Å². The summed E-state index contributed by atoms with van der Waals surface area (Å²) in [6.45, 7) is 0.344. The number of nitrogens with zero attached hydrogens (tertiary/aromatic N) is 2. The van der Waals surface area contributed by atoms with Crippen molar-refractivity contribution in [3.05, 3.63) is 59.5 Å². The molecular formula is C15H14FN3O. The fourth-order valence-electron chi connectivity index (χ4n) is 2.39. The van der Waals surface area contributed by atoms with E-state index in [4.69, 9.17) is 5.73 Å². The second kappa shape index (κ2) is 5.02. The van der Waals surface area contributed by atoms with E-state index in [0.29, 0.717) is 18.8 Å². The average Bonchev–Trinajstić information content (AvgIpc) is 2.46. The monoisotopic (exact) mass is 271 g/mol. The number of hydrogen-bond acceptors (Lipinski definition) is 3. The molecule has 1 atom stereocenters. The van der Waals surface area contributed by atoms with Crippen LogP contribution in [-0.2, 0) is 17.8 Å². The normalized spacial score (nSPS) is 18.0. The third-order valence-electron chi connectivity index (χ3n) is 3.40. The maximum atomic E-state index is 12.9. The molecule has 2 heterocycles. The number of nitrogens with two attached hydrogens (primary N) is 1. The number of hydrogen-bond donors (Lipinski definition) is 1. The molecule has 1 amide bonds. The van der Waals surface area contributed by atoms with Gasteiger partial charge in [0.25, 0.3) is 0 Å². The van der Waals surface area contributed by atoms with Crippen LogP contribution in [-0.4, -0.2) is 16.9 Å². The van der Waals surface area contributed by atoms with Gasteiger partial charge in [-0.25, -0.2) is 9.37 Å². The molecule has 20 heavy (non-hydrogen) atoms. The van der Waals surface area contributed by atoms with Crippen molar-refractivity contribution < 1.29 is 9.18 Å². The largest absolute Gasteiger partial charge is 0.320 e. The van der Waals surface area contributed by atoms with Crippen LogP contribution in [0.1, 0.15) is 11.1 Å². The maximum absolute atomic E-state index is 12.9. The molecule has 5 heteroatoms. The lowest BCUT2D eigenvalue weighted by Crippen LogP contribution is -2.48. The molecule has 1 aromatic carbocycles. The molecule has 2 N–H and O–H groups in total. The first-order valence-corrected chi connectivity index (χ1v) is 6.40. The number of carbonyl (C=O) groups is 1. The minimum atomic E-state index is -0.549. The molecule has 0 saturated heterocycles. The van der Waals surface area contributed by atoms with Crippen LogP contribution in [0.2, 0.25) is 0 Å². The van der Waals surface area contributed by atoms with Gasteiger partial charge in [-0.05, 0) is 29.3 Å². The Morgan fingerprint density at radius 1 is 1.30 bits per heavy atom. The first kappa shape index (κ1) is 12.7. The Morgan fingerprint density at radius 2 is 2.05 bits per heavy atom. The molecule has 1 aliphatic rings. The van der Waals surface area contributed by atoms with Gasteiger partial charge >= 0.3 is 0 Å². The highest BCUT2D eigenvalue weighted by Crippen LogP contribution is 2.26. The van der Waals surface area contributed by atoms with Gasteiger partial charge in [-0.2, -0.15) is 0 Å². The van der Waals surface area contributed by atoms with E-state index in [-0.39, 0.29) is 11.7 Å². The minimum absolute atomic E-state index is 0.152. The topological polar surface area (TPSA) is 59.2 Å². The summed E-state index contributed by atoms with van der Waals surface area (Å²) in [7, 11) is 0. The standard InChI is InChI=1S/C15H14FN3O/c16-12-5-3-10(4-6-12)9-19-14-11(2-1-7-18-14)8-13(17)15(19)20/h1-7,13H,8-9,17H2. The Labute approximate surface area is 116 Å². The molecule has 1 aromatic heterocycles. The summed E-state index contributed by atoms with van der Waals surface area (Å²) in [4.78, 5) is 18.1. The van der Waals surface area contributed by atoms with Crippen LogP contribution >= 0.6 is 0 Å². The van der Waals surface area contributed by atoms with E-state index >= 15 is 0 Å². The predicted molar refractivity (Wildman–Crippen MR) is 73.5 cm³/mol. The Hall–Kier alpha value is -2.27. The summed E-state index contributed by atoms with van der Waals surface area (Å²) >= 11 is 0. The highest BCUT2D eigenvalue weighted by Gasteiger charge is 2.31. The van der Waals surface area contributed by atoms with Crippen LogP contribution < -0.4 is 10.6 Å². The van der Waals surface area contributed by atoms with Crippen molar-refractivity contribution in [3.8, 4) is 0 Å². The summed E-state index contributed by atoms with van der Waals surface area (Å²) in [5.74, 6) is 0.193. The number of halogens is 1. The van der Waals surface area contributed by atoms with Crippen LogP contribution in [0.5, 0.6) is 0 Å². The number of carbonyl (C=O) groups excluding carboxylic acids is 1. The number of rotatable bonds is 2. The quantitative estimate of drug-likeness (QED) is 0.903. The minimum Gasteiger partial charge on any atom is -0.320 e. The summed E-state index contributed by atoms with van der Waals surface area (Å²) in [6.07, 6.45) is 2.16. The summed E-state index contributed by atoms with van der Waals surface area (Å²) < 4.78 is 12.9. The lowest BCUT2D eigenvalue weighted by atomic mass is 10.0. The number of anilines is 1. The molecule has 102 valence electrons. The number of benzene rings is 1. The Bertz CT molecular complexity index is 642. The van der Waals surface area contributed by atoms with Gasteiger partial charge in [0, 0.05) is 12.6 Å². The second-order valence-electron chi connectivity index (χ2n) is 4.85. The molecule has 0 saturated carbocycles. The average molecular weight is 271 g/mol. The van der Waals surface area contributed by atoms with Gasteiger partial charge < -0.3 is 5.73 Å². The summed E-state index contributed by atoms with van der Waals surface area (Å²) in [5, 5.41) is 0. The van der Waals surface area contributed by atoms with E-state index in [2.05, 4.69) is 4.98 Å². The fraction of sp³-hybridized carbons (Fsp3) is 0.200. The van der Waals surface area contributed by atoms with Crippen molar-refractivity contribution in [2.45, 2.75) is 19.0 Å². The van der Waals surface area contributed by atoms with Gasteiger partial charge in [-0.15, -0.1) is 0 Å². The van der Waals surface area contributed by atoms with Gasteiger partial charge in [0.1, 0.15) is 11.6 Å². The third-order valence-corrected chi connectivity index (χ3v) is 3.40. The van der Waals surface area contributed by atoms with Gasteiger partial charge in [0.15, 0.2) is 0 Å². The van der Waals surface area contributed by atoms with E-state index in [1.807, 2.05) is 12.1 Å². The molecule has 0 aliphatic carbocycles. The van der Waals surface area contributed by atoms with Crippen molar-refractivity contribution in [2.24, 2.45) is 5.73 Å². The van der Waals surface area contributed by atoms with Gasteiger partial charge in [-0.3, -0.25) is 9.69 Å². The second-order valence-corrected chi connectivity index (χ2v) is 4.85. The summed E-state index contributed by atoms with van der Waals surface area (Å²) in [5.41, 5.74) is 7.68. The molecule has 0 radical (unpaired) electrons. The van der Waals surface area contributed by atoms with E-state index in [1.54, 1.807) is 23.2 Å². The van der Waals surface area contributed by atoms with Crippen LogP contribution in [0.4, 0.5) is 10.2 Å². The lowest BCUT2D eigenvalue weighted by molar-refractivity contribution is -0.120. The third kappa shape index (κ3) is 2.28. The predicted octanol–water partition coefficient (Wildman–Crippen LogP) is 1.64. The molecule has 0 fully saturated rings. The number of fused-ring (bicyclic) bond motifs is 1. The van der Waals surface area contributed by atoms with Gasteiger partial charge in [-0.1, -0.05) is 18.2 Å². The Morgan fingerprint density at radius 3 is 2.80 bits per heavy atom. The number of pyridine rings is 1. The van der Waals surface area contributed by atoms with Crippen molar-refractivity contribution in [3.63, 3.8) is 0 Å². The summed E-state index contributed by atoms with van der Waals surface area (Å²) in [6, 6.07) is 9.28. The molecule has 4 nitrogen and oxygen atoms in total. The van der Waals surface area contributed by atoms with Crippen molar-refractivity contribution in [2.75, 3.05) is 4.90 Å². The van der Waals surface area contributed by atoms with Crippen molar-refractivity contribution in [1.29, 1.82) is 0 Å². The van der Waals surface area contributed by atoms with Crippen LogP contribution in [0.3, 0.4) is 0 Å². The highest BCUT2D eigenvalue weighted by molar-refractivity contribution is 5.99. The smallest absolute Gasteiger partial charge is 0.245 e. The first-order valence-electron chi connectivity index (χ1n) is 6.40. The molecule has 2 aromatic rings. The van der Waals surface area contributed by atoms with Crippen molar-refractivity contribution in [1.82, 2.24) is 4.98 Å². The van der Waals surface area contributed by atoms with Crippen molar-refractivity contribution >= 4 is 11.7 Å². The fourth-order valence-corrected chi connectivity index (χ4v) is 2.39. The number of amides is 1. The Kier molecular flexibility index (Phi) is 3.20. The SMILES string of the molecule is NC1Cc2cccnc2N(Cc2ccc(F)cc2)C1=O. The van der Waals surface area contributed by atoms with Gasteiger partial charge in [0.2, 0.25) is 5.91 Å². The van der Waals surface area contributed by atoms with E-state index in [9.17, 15) is 9.18 Å².